The van der Waals surface area contributed by atoms with Crippen LogP contribution in [0.25, 0.3) is 0 Å². The lowest BCUT2D eigenvalue weighted by atomic mass is 9.91. The maximum atomic E-state index is 13.7. The van der Waals surface area contributed by atoms with Crippen molar-refractivity contribution in [2.45, 2.75) is 63.5 Å². The van der Waals surface area contributed by atoms with Gasteiger partial charge in [-0.15, -0.1) is 0 Å². The Balaban J connectivity index is 1.40. The maximum Gasteiger partial charge on any atom is 0.251 e. The van der Waals surface area contributed by atoms with Gasteiger partial charge in [-0.1, -0.05) is 56.0 Å². The Bertz CT molecular complexity index is 1160. The summed E-state index contributed by atoms with van der Waals surface area (Å²) in [5.74, 6) is -1.54. The van der Waals surface area contributed by atoms with Crippen molar-refractivity contribution in [1.82, 2.24) is 20.6 Å². The lowest BCUT2D eigenvalue weighted by Gasteiger charge is -2.35. The highest BCUT2D eigenvalue weighted by molar-refractivity contribution is 5.94. The Morgan fingerprint density at radius 1 is 1.00 bits per heavy atom. The molecule has 2 aromatic carbocycles. The van der Waals surface area contributed by atoms with Gasteiger partial charge in [0.25, 0.3) is 5.91 Å². The second-order valence-corrected chi connectivity index (χ2v) is 11.1. The molecule has 0 radical (unpaired) electrons. The van der Waals surface area contributed by atoms with E-state index in [2.05, 4.69) is 10.6 Å². The van der Waals surface area contributed by atoms with E-state index >= 15 is 0 Å². The highest BCUT2D eigenvalue weighted by atomic mass is 19.1. The molecule has 9 nitrogen and oxygen atoms in total. The van der Waals surface area contributed by atoms with Gasteiger partial charge in [0.05, 0.1) is 12.5 Å². The summed E-state index contributed by atoms with van der Waals surface area (Å²) < 4.78 is 13.2. The van der Waals surface area contributed by atoms with Crippen molar-refractivity contribution in [3.8, 4) is 0 Å². The topological polar surface area (TPSA) is 119 Å². The molecular weight excluding hydrogens is 527 g/mol. The molecule has 2 aromatic rings. The van der Waals surface area contributed by atoms with Gasteiger partial charge in [0.15, 0.2) is 0 Å². The molecule has 220 valence electrons. The summed E-state index contributed by atoms with van der Waals surface area (Å²) in [5.41, 5.74) is 1.27. The minimum Gasteiger partial charge on any atom is -0.349 e. The fourth-order valence-electron chi connectivity index (χ4n) is 5.86. The predicted octanol–water partition coefficient (Wildman–Crippen LogP) is 3.32. The van der Waals surface area contributed by atoms with Crippen molar-refractivity contribution in [3.63, 3.8) is 0 Å². The van der Waals surface area contributed by atoms with Gasteiger partial charge in [0, 0.05) is 31.1 Å². The van der Waals surface area contributed by atoms with Crippen molar-refractivity contribution >= 4 is 24.1 Å². The molecule has 1 aliphatic carbocycles. The first-order chi connectivity index (χ1) is 19.8. The summed E-state index contributed by atoms with van der Waals surface area (Å²) in [6.07, 6.45) is 6.46. The lowest BCUT2D eigenvalue weighted by Crippen LogP contribution is -2.55. The second-order valence-electron chi connectivity index (χ2n) is 11.1. The van der Waals surface area contributed by atoms with Crippen LogP contribution in [-0.4, -0.2) is 71.0 Å². The maximum absolute atomic E-state index is 13.7. The SMILES string of the molecule is O=CN(O)CC(CC1CCCC1)C(=O)NC(Cc1ccccc1)C(=O)N1CCC(NC(=O)c2ccc(F)cc2)CC1. The molecule has 41 heavy (non-hydrogen) atoms. The van der Waals surface area contributed by atoms with E-state index in [0.29, 0.717) is 61.7 Å². The number of nitrogens with one attached hydrogen (secondary N) is 2. The molecule has 4 amide bonds. The van der Waals surface area contributed by atoms with Crippen LogP contribution in [-0.2, 0) is 20.8 Å². The monoisotopic (exact) mass is 566 g/mol. The number of amides is 4. The van der Waals surface area contributed by atoms with Crippen LogP contribution in [0.1, 0.15) is 60.9 Å². The molecule has 2 atom stereocenters. The molecule has 1 saturated heterocycles. The van der Waals surface area contributed by atoms with Crippen molar-refractivity contribution in [2.75, 3.05) is 19.6 Å². The van der Waals surface area contributed by atoms with Crippen molar-refractivity contribution in [2.24, 2.45) is 11.8 Å². The van der Waals surface area contributed by atoms with Gasteiger partial charge in [-0.2, -0.15) is 0 Å². The molecular formula is C31H39FN4O5. The summed E-state index contributed by atoms with van der Waals surface area (Å²) in [5, 5.41) is 16.3. The summed E-state index contributed by atoms with van der Waals surface area (Å²) >= 11 is 0. The number of nitrogens with zero attached hydrogens (tertiary/aromatic N) is 2. The van der Waals surface area contributed by atoms with Crippen LogP contribution in [0.3, 0.4) is 0 Å². The standard InChI is InChI=1S/C31H39FN4O5/c32-26-12-10-24(11-13-26)29(38)33-27-14-16-35(17-15-27)31(40)28(19-23-6-2-1-3-7-23)34-30(39)25(20-36(41)21-37)18-22-8-4-5-9-22/h1-3,6-7,10-13,21-22,25,27-28,41H,4-5,8-9,14-20H2,(H,33,38)(H,34,39). The number of hydroxylamine groups is 2. The molecule has 0 aromatic heterocycles. The van der Waals surface area contributed by atoms with Gasteiger partial charge in [0.2, 0.25) is 18.2 Å². The minimum absolute atomic E-state index is 0.128. The van der Waals surface area contributed by atoms with E-state index in [9.17, 15) is 28.8 Å². The van der Waals surface area contributed by atoms with E-state index in [4.69, 9.17) is 0 Å². The van der Waals surface area contributed by atoms with Gasteiger partial charge in [-0.05, 0) is 55.0 Å². The number of rotatable bonds is 12. The molecule has 2 aliphatic rings. The van der Waals surface area contributed by atoms with Crippen LogP contribution in [0.2, 0.25) is 0 Å². The normalized spacial score (nSPS) is 17.5. The van der Waals surface area contributed by atoms with Gasteiger partial charge in [0.1, 0.15) is 11.9 Å². The average molecular weight is 567 g/mol. The Morgan fingerprint density at radius 3 is 2.29 bits per heavy atom. The Kier molecular flexibility index (Phi) is 10.8. The van der Waals surface area contributed by atoms with Crippen LogP contribution in [0.15, 0.2) is 54.6 Å². The third kappa shape index (κ3) is 8.85. The lowest BCUT2D eigenvalue weighted by molar-refractivity contribution is -0.155. The first-order valence-electron chi connectivity index (χ1n) is 14.4. The number of hydrogen-bond donors (Lipinski definition) is 3. The first kappa shape index (κ1) is 30.2. The molecule has 0 spiro atoms. The third-order valence-electron chi connectivity index (χ3n) is 8.14. The predicted molar refractivity (Wildman–Crippen MR) is 150 cm³/mol. The van der Waals surface area contributed by atoms with Crippen molar-refractivity contribution in [3.05, 3.63) is 71.5 Å². The zero-order valence-electron chi connectivity index (χ0n) is 23.2. The Labute approximate surface area is 240 Å². The van der Waals surface area contributed by atoms with Crippen LogP contribution < -0.4 is 10.6 Å². The highest BCUT2D eigenvalue weighted by Crippen LogP contribution is 2.31. The summed E-state index contributed by atoms with van der Waals surface area (Å²) in [6, 6.07) is 13.9. The fourth-order valence-corrected chi connectivity index (χ4v) is 5.86. The molecule has 1 aliphatic heterocycles. The number of halogens is 1. The van der Waals surface area contributed by atoms with E-state index in [0.717, 1.165) is 31.2 Å². The van der Waals surface area contributed by atoms with Gasteiger partial charge >= 0.3 is 0 Å². The second kappa shape index (κ2) is 14.7. The number of likely N-dealkylation sites (tertiary alicyclic amines) is 1. The van der Waals surface area contributed by atoms with E-state index in [1.807, 2.05) is 30.3 Å². The summed E-state index contributed by atoms with van der Waals surface area (Å²) in [6.45, 7) is 0.696. The molecule has 2 unspecified atom stereocenters. The van der Waals surface area contributed by atoms with Gasteiger partial charge < -0.3 is 15.5 Å². The quantitative estimate of drug-likeness (QED) is 0.207. The van der Waals surface area contributed by atoms with E-state index in [1.165, 1.54) is 24.3 Å². The summed E-state index contributed by atoms with van der Waals surface area (Å²) in [4.78, 5) is 52.6. The van der Waals surface area contributed by atoms with Gasteiger partial charge in [-0.3, -0.25) is 24.4 Å². The van der Waals surface area contributed by atoms with E-state index < -0.39 is 17.8 Å². The van der Waals surface area contributed by atoms with Crippen LogP contribution in [0.4, 0.5) is 4.39 Å². The Morgan fingerprint density at radius 2 is 1.66 bits per heavy atom. The highest BCUT2D eigenvalue weighted by Gasteiger charge is 2.33. The number of carbonyl (C=O) groups excluding carboxylic acids is 4. The van der Waals surface area contributed by atoms with Crippen LogP contribution in [0, 0.1) is 17.7 Å². The molecule has 3 N–H and O–H groups in total. The molecule has 10 heteroatoms. The van der Waals surface area contributed by atoms with Crippen LogP contribution in [0.5, 0.6) is 0 Å². The Hall–Kier alpha value is -3.79. The summed E-state index contributed by atoms with van der Waals surface area (Å²) in [7, 11) is 0. The molecule has 1 saturated carbocycles. The number of piperidine rings is 1. The van der Waals surface area contributed by atoms with Crippen molar-refractivity contribution < 1.29 is 28.8 Å². The van der Waals surface area contributed by atoms with E-state index in [-0.39, 0.29) is 30.3 Å². The number of carbonyl (C=O) groups is 4. The van der Waals surface area contributed by atoms with Gasteiger partial charge in [-0.25, -0.2) is 9.45 Å². The third-order valence-corrected chi connectivity index (χ3v) is 8.14. The smallest absolute Gasteiger partial charge is 0.251 e. The minimum atomic E-state index is -0.815. The van der Waals surface area contributed by atoms with Crippen LogP contribution >= 0.6 is 0 Å². The zero-order chi connectivity index (χ0) is 29.2. The molecule has 4 rings (SSSR count). The number of hydrogen-bond acceptors (Lipinski definition) is 5. The molecule has 1 heterocycles. The fraction of sp³-hybridized carbons (Fsp3) is 0.484. The average Bonchev–Trinajstić information content (AvgIpc) is 3.50. The van der Waals surface area contributed by atoms with Crippen molar-refractivity contribution in [1.29, 1.82) is 0 Å². The van der Waals surface area contributed by atoms with E-state index in [1.54, 1.807) is 4.90 Å². The zero-order valence-corrected chi connectivity index (χ0v) is 23.2. The molecule has 0 bridgehead atoms. The number of benzene rings is 2. The first-order valence-corrected chi connectivity index (χ1v) is 14.4. The largest absolute Gasteiger partial charge is 0.349 e. The molecule has 2 fully saturated rings.